The Morgan fingerprint density at radius 1 is 1.42 bits per heavy atom. The van der Waals surface area contributed by atoms with Crippen LogP contribution in [0.25, 0.3) is 0 Å². The summed E-state index contributed by atoms with van der Waals surface area (Å²) in [6.45, 7) is 1.81. The van der Waals surface area contributed by atoms with Gasteiger partial charge in [-0.1, -0.05) is 0 Å². The molecule has 0 spiro atoms. The summed E-state index contributed by atoms with van der Waals surface area (Å²) in [5, 5.41) is 11.8. The van der Waals surface area contributed by atoms with Gasteiger partial charge in [-0.15, -0.1) is 0 Å². The number of carbonyl (C=O) groups excluding carboxylic acids is 1. The van der Waals surface area contributed by atoms with Crippen LogP contribution < -0.4 is 5.32 Å². The smallest absolute Gasteiger partial charge is 0.329 e. The molecule has 0 aromatic rings. The number of likely N-dealkylation sites (tertiary alicyclic amines) is 1. The minimum Gasteiger partial charge on any atom is -0.480 e. The summed E-state index contributed by atoms with van der Waals surface area (Å²) in [5.41, 5.74) is 0. The predicted molar refractivity (Wildman–Crippen MR) is 74.6 cm³/mol. The number of ether oxygens (including phenoxy) is 1. The van der Waals surface area contributed by atoms with E-state index in [2.05, 4.69) is 11.6 Å². The van der Waals surface area contributed by atoms with Gasteiger partial charge in [-0.25, -0.2) is 9.59 Å². The maximum absolute atomic E-state index is 11.9. The third-order valence-electron chi connectivity index (χ3n) is 3.04. The third-order valence-corrected chi connectivity index (χ3v) is 4.18. The fraction of sp³-hybridized carbons (Fsp3) is 0.833. The van der Waals surface area contributed by atoms with Crippen molar-refractivity contribution in [2.45, 2.75) is 24.5 Å². The van der Waals surface area contributed by atoms with Crippen LogP contribution in [-0.4, -0.2) is 66.4 Å². The maximum Gasteiger partial charge on any atom is 0.329 e. The summed E-state index contributed by atoms with van der Waals surface area (Å²) >= 11 is 1.87. The molecule has 6 nitrogen and oxygen atoms in total. The average molecular weight is 290 g/mol. The van der Waals surface area contributed by atoms with Gasteiger partial charge in [-0.05, 0) is 25.5 Å². The Morgan fingerprint density at radius 3 is 2.89 bits per heavy atom. The van der Waals surface area contributed by atoms with Gasteiger partial charge in [0.15, 0.2) is 0 Å². The van der Waals surface area contributed by atoms with Gasteiger partial charge in [-0.3, -0.25) is 0 Å². The van der Waals surface area contributed by atoms with Crippen molar-refractivity contribution in [2.24, 2.45) is 0 Å². The van der Waals surface area contributed by atoms with E-state index in [1.807, 2.05) is 16.7 Å². The lowest BCUT2D eigenvalue weighted by atomic mass is 10.2. The molecule has 1 heterocycles. The zero-order valence-electron chi connectivity index (χ0n) is 11.3. The summed E-state index contributed by atoms with van der Waals surface area (Å²) in [7, 11) is 0. The Bertz CT molecular complexity index is 301. The summed E-state index contributed by atoms with van der Waals surface area (Å²) in [6, 6.07) is -0.0827. The van der Waals surface area contributed by atoms with Gasteiger partial charge in [0.2, 0.25) is 0 Å². The molecule has 19 heavy (non-hydrogen) atoms. The molecule has 2 amide bonds. The Balaban J connectivity index is 2.16. The van der Waals surface area contributed by atoms with Crippen LogP contribution in [0.5, 0.6) is 0 Å². The summed E-state index contributed by atoms with van der Waals surface area (Å²) in [6.07, 6.45) is 5.34. The number of nitrogens with one attached hydrogen (secondary N) is 1. The molecule has 0 saturated carbocycles. The summed E-state index contributed by atoms with van der Waals surface area (Å²) in [5.74, 6) is -0.998. The van der Waals surface area contributed by atoms with Crippen molar-refractivity contribution in [1.82, 2.24) is 10.2 Å². The number of rotatable bonds is 6. The highest BCUT2D eigenvalue weighted by atomic mass is 32.2. The van der Waals surface area contributed by atoms with Gasteiger partial charge < -0.3 is 20.1 Å². The van der Waals surface area contributed by atoms with Crippen molar-refractivity contribution in [1.29, 1.82) is 0 Å². The fourth-order valence-corrected chi connectivity index (χ4v) is 2.75. The number of aliphatic carboxylic acids is 1. The standard InChI is InChI=1S/C12H22N2O4S/c1-19-10-3-2-6-14(7-4-10)12(17)13-5-8-18-9-11(15)16/h10H,2-9H2,1H3,(H,13,17)(H,15,16). The normalized spacial score (nSPS) is 19.8. The summed E-state index contributed by atoms with van der Waals surface area (Å²) < 4.78 is 4.86. The van der Waals surface area contributed by atoms with Crippen LogP contribution in [-0.2, 0) is 9.53 Å². The predicted octanol–water partition coefficient (Wildman–Crippen LogP) is 1.01. The van der Waals surface area contributed by atoms with Crippen molar-refractivity contribution in [3.05, 3.63) is 0 Å². The Kier molecular flexibility index (Phi) is 7.66. The quantitative estimate of drug-likeness (QED) is 0.714. The number of nitrogens with zero attached hydrogens (tertiary/aromatic N) is 1. The topological polar surface area (TPSA) is 78.9 Å². The maximum atomic E-state index is 11.9. The first-order chi connectivity index (χ1) is 9.13. The number of amides is 2. The van der Waals surface area contributed by atoms with Gasteiger partial charge >= 0.3 is 12.0 Å². The lowest BCUT2D eigenvalue weighted by Gasteiger charge is -2.21. The molecule has 0 aliphatic carbocycles. The van der Waals surface area contributed by atoms with Gasteiger partial charge in [0.05, 0.1) is 6.61 Å². The Hall–Kier alpha value is -0.950. The zero-order valence-corrected chi connectivity index (χ0v) is 12.1. The second kappa shape index (κ2) is 9.03. The van der Waals surface area contributed by atoms with Gasteiger partial charge in [0.1, 0.15) is 6.61 Å². The first-order valence-electron chi connectivity index (χ1n) is 6.48. The monoisotopic (exact) mass is 290 g/mol. The molecule has 1 atom stereocenters. The molecule has 110 valence electrons. The number of carboxylic acids is 1. The molecule has 1 rings (SSSR count). The molecule has 1 aliphatic rings. The van der Waals surface area contributed by atoms with Crippen molar-refractivity contribution in [3.63, 3.8) is 0 Å². The molecule has 2 N–H and O–H groups in total. The molecule has 1 unspecified atom stereocenters. The molecule has 1 aliphatic heterocycles. The molecule has 1 saturated heterocycles. The van der Waals surface area contributed by atoms with Crippen LogP contribution in [0, 0.1) is 0 Å². The van der Waals surface area contributed by atoms with E-state index < -0.39 is 5.97 Å². The number of hydrogen-bond acceptors (Lipinski definition) is 4. The van der Waals surface area contributed by atoms with Crippen molar-refractivity contribution in [3.8, 4) is 0 Å². The first kappa shape index (κ1) is 16.1. The van der Waals surface area contributed by atoms with Crippen LogP contribution in [0.1, 0.15) is 19.3 Å². The fourth-order valence-electron chi connectivity index (χ4n) is 2.01. The van der Waals surface area contributed by atoms with E-state index in [1.165, 1.54) is 0 Å². The second-order valence-electron chi connectivity index (χ2n) is 4.45. The number of carboxylic acid groups (broad SMARTS) is 1. The molecule has 0 aromatic carbocycles. The van der Waals surface area contributed by atoms with Crippen LogP contribution in [0.3, 0.4) is 0 Å². The highest BCUT2D eigenvalue weighted by Crippen LogP contribution is 2.20. The van der Waals surface area contributed by atoms with Crippen LogP contribution in [0.2, 0.25) is 0 Å². The van der Waals surface area contributed by atoms with E-state index in [9.17, 15) is 9.59 Å². The lowest BCUT2D eigenvalue weighted by Crippen LogP contribution is -2.41. The number of carbonyl (C=O) groups is 2. The zero-order chi connectivity index (χ0) is 14.1. The molecule has 1 fully saturated rings. The van der Waals surface area contributed by atoms with E-state index in [4.69, 9.17) is 9.84 Å². The highest BCUT2D eigenvalue weighted by molar-refractivity contribution is 7.99. The van der Waals surface area contributed by atoms with Crippen molar-refractivity contribution in [2.75, 3.05) is 39.1 Å². The van der Waals surface area contributed by atoms with Gasteiger partial charge in [0.25, 0.3) is 0 Å². The lowest BCUT2D eigenvalue weighted by molar-refractivity contribution is -0.142. The first-order valence-corrected chi connectivity index (χ1v) is 7.77. The number of hydrogen-bond donors (Lipinski definition) is 2. The van der Waals surface area contributed by atoms with E-state index >= 15 is 0 Å². The van der Waals surface area contributed by atoms with Crippen molar-refractivity contribution < 1.29 is 19.4 Å². The van der Waals surface area contributed by atoms with E-state index in [0.29, 0.717) is 11.8 Å². The SMILES string of the molecule is CSC1CCCN(C(=O)NCCOCC(=O)O)CC1. The molecule has 0 bridgehead atoms. The summed E-state index contributed by atoms with van der Waals surface area (Å²) in [4.78, 5) is 23.9. The van der Waals surface area contributed by atoms with Gasteiger partial charge in [0, 0.05) is 24.9 Å². The third kappa shape index (κ3) is 6.68. The van der Waals surface area contributed by atoms with E-state index in [0.717, 1.165) is 32.4 Å². The number of thioether (sulfide) groups is 1. The van der Waals surface area contributed by atoms with Crippen molar-refractivity contribution >= 4 is 23.8 Å². The van der Waals surface area contributed by atoms with Gasteiger partial charge in [-0.2, -0.15) is 11.8 Å². The largest absolute Gasteiger partial charge is 0.480 e. The van der Waals surface area contributed by atoms with Crippen LogP contribution >= 0.6 is 11.8 Å². The second-order valence-corrected chi connectivity index (χ2v) is 5.59. The molecular weight excluding hydrogens is 268 g/mol. The molecule has 0 radical (unpaired) electrons. The van der Waals surface area contributed by atoms with Crippen LogP contribution in [0.15, 0.2) is 0 Å². The molecular formula is C12H22N2O4S. The van der Waals surface area contributed by atoms with E-state index in [1.54, 1.807) is 0 Å². The molecule has 0 aromatic heterocycles. The molecule has 7 heteroatoms. The Morgan fingerprint density at radius 2 is 2.21 bits per heavy atom. The highest BCUT2D eigenvalue weighted by Gasteiger charge is 2.19. The Labute approximate surface area is 117 Å². The average Bonchev–Trinajstić information content (AvgIpc) is 2.63. The van der Waals surface area contributed by atoms with Crippen LogP contribution in [0.4, 0.5) is 4.79 Å². The van der Waals surface area contributed by atoms with E-state index in [-0.39, 0.29) is 19.2 Å². The minimum absolute atomic E-state index is 0.0827. The number of urea groups is 1. The minimum atomic E-state index is -0.998.